The number of alkyl halides is 3. The molecule has 0 saturated carbocycles. The fourth-order valence-electron chi connectivity index (χ4n) is 3.17. The van der Waals surface area contributed by atoms with E-state index in [9.17, 15) is 13.2 Å². The summed E-state index contributed by atoms with van der Waals surface area (Å²) in [4.78, 5) is 13.5. The van der Waals surface area contributed by atoms with Crippen LogP contribution in [0, 0.1) is 13.8 Å². The molecule has 1 fully saturated rings. The number of hydrogen-bond donors (Lipinski definition) is 1. The molecule has 12 heteroatoms. The van der Waals surface area contributed by atoms with Crippen molar-refractivity contribution in [2.45, 2.75) is 49.6 Å². The summed E-state index contributed by atoms with van der Waals surface area (Å²) in [6, 6.07) is 0. The summed E-state index contributed by atoms with van der Waals surface area (Å²) in [5.74, 6) is 5.01. The number of nitrogens with zero attached hydrogens (tertiary/aromatic N) is 6. The molecule has 0 bridgehead atoms. The predicted octanol–water partition coefficient (Wildman–Crippen LogP) is 3.38. The van der Waals surface area contributed by atoms with Crippen LogP contribution in [0.3, 0.4) is 0 Å². The van der Waals surface area contributed by atoms with E-state index in [0.717, 1.165) is 58.4 Å². The first-order chi connectivity index (χ1) is 13.2. The zero-order valence-corrected chi connectivity index (χ0v) is 16.9. The molecule has 3 aromatic heterocycles. The van der Waals surface area contributed by atoms with Crippen LogP contribution in [0.2, 0.25) is 0 Å². The van der Waals surface area contributed by atoms with Crippen molar-refractivity contribution in [1.82, 2.24) is 29.7 Å². The molecule has 0 atom stereocenters. The molecule has 150 valence electrons. The lowest BCUT2D eigenvalue weighted by Crippen LogP contribution is -2.21. The molecular formula is C16H18F3N7S2. The van der Waals surface area contributed by atoms with E-state index in [1.165, 1.54) is 0 Å². The first-order valence-corrected chi connectivity index (χ1v) is 10.3. The highest BCUT2D eigenvalue weighted by atomic mass is 32.2. The highest BCUT2D eigenvalue weighted by molar-refractivity contribution is 7.99. The van der Waals surface area contributed by atoms with Gasteiger partial charge in [0.15, 0.2) is 0 Å². The minimum Gasteiger partial charge on any atom is -0.335 e. The number of halogens is 3. The maximum atomic E-state index is 13.0. The van der Waals surface area contributed by atoms with Crippen LogP contribution in [0.4, 0.5) is 13.2 Å². The van der Waals surface area contributed by atoms with Gasteiger partial charge in [0.2, 0.25) is 5.16 Å². The Morgan fingerprint density at radius 3 is 2.50 bits per heavy atom. The van der Waals surface area contributed by atoms with Gasteiger partial charge in [-0.15, -0.1) is 21.5 Å². The van der Waals surface area contributed by atoms with Crippen molar-refractivity contribution in [1.29, 1.82) is 0 Å². The van der Waals surface area contributed by atoms with Crippen LogP contribution < -0.4 is 5.84 Å². The Labute approximate surface area is 167 Å². The number of likely N-dealkylation sites (tertiary alicyclic amines) is 1. The molecule has 28 heavy (non-hydrogen) atoms. The third kappa shape index (κ3) is 3.55. The van der Waals surface area contributed by atoms with Crippen LogP contribution in [0.1, 0.15) is 34.9 Å². The highest BCUT2D eigenvalue weighted by Crippen LogP contribution is 2.38. The van der Waals surface area contributed by atoms with Crippen LogP contribution in [-0.2, 0) is 12.7 Å². The third-order valence-electron chi connectivity index (χ3n) is 4.71. The number of hydrogen-bond acceptors (Lipinski definition) is 8. The highest BCUT2D eigenvalue weighted by Gasteiger charge is 2.38. The van der Waals surface area contributed by atoms with Gasteiger partial charge in [0.05, 0.1) is 6.54 Å². The summed E-state index contributed by atoms with van der Waals surface area (Å²) in [5.41, 5.74) is 1.01. The van der Waals surface area contributed by atoms with Gasteiger partial charge in [0.25, 0.3) is 5.82 Å². The van der Waals surface area contributed by atoms with Gasteiger partial charge in [-0.25, -0.2) is 14.6 Å². The quantitative estimate of drug-likeness (QED) is 0.503. The molecule has 0 unspecified atom stereocenters. The fraction of sp³-hybridized carbons (Fsp3) is 0.500. The van der Waals surface area contributed by atoms with E-state index in [1.54, 1.807) is 11.3 Å². The van der Waals surface area contributed by atoms with Gasteiger partial charge in [-0.1, -0.05) is 0 Å². The number of aromatic nitrogens is 5. The number of nitrogen functional groups attached to an aromatic ring is 1. The minimum atomic E-state index is -4.67. The predicted molar refractivity (Wildman–Crippen MR) is 101 cm³/mol. The van der Waals surface area contributed by atoms with Gasteiger partial charge >= 0.3 is 6.18 Å². The monoisotopic (exact) mass is 429 g/mol. The van der Waals surface area contributed by atoms with E-state index in [2.05, 4.69) is 25.1 Å². The van der Waals surface area contributed by atoms with Gasteiger partial charge in [0, 0.05) is 10.3 Å². The molecule has 0 aromatic carbocycles. The van der Waals surface area contributed by atoms with Crippen LogP contribution in [0.5, 0.6) is 0 Å². The molecule has 0 aliphatic carbocycles. The van der Waals surface area contributed by atoms with Gasteiger partial charge in [-0.05, 0) is 57.1 Å². The zero-order valence-electron chi connectivity index (χ0n) is 15.2. The summed E-state index contributed by atoms with van der Waals surface area (Å²) in [7, 11) is 0. The smallest absolute Gasteiger partial charge is 0.335 e. The van der Waals surface area contributed by atoms with Crippen molar-refractivity contribution in [3.8, 4) is 0 Å². The molecule has 0 radical (unpaired) electrons. The molecule has 1 saturated heterocycles. The van der Waals surface area contributed by atoms with Crippen molar-refractivity contribution >= 4 is 33.3 Å². The molecule has 4 rings (SSSR count). The van der Waals surface area contributed by atoms with Crippen molar-refractivity contribution in [2.24, 2.45) is 0 Å². The van der Waals surface area contributed by atoms with Gasteiger partial charge < -0.3 is 5.84 Å². The number of aryl methyl sites for hydroxylation is 2. The lowest BCUT2D eigenvalue weighted by molar-refractivity contribution is -0.146. The summed E-state index contributed by atoms with van der Waals surface area (Å²) in [5, 5.41) is 8.12. The molecule has 4 heterocycles. The van der Waals surface area contributed by atoms with Crippen molar-refractivity contribution in [3.05, 3.63) is 22.1 Å². The largest absolute Gasteiger partial charge is 0.453 e. The molecule has 0 amide bonds. The Bertz CT molecular complexity index is 1020. The van der Waals surface area contributed by atoms with Gasteiger partial charge in [-0.3, -0.25) is 4.90 Å². The second kappa shape index (κ2) is 7.16. The SMILES string of the molecule is Cc1sc2nc(CN3CCCC3)nc(Sc3nnc(C(F)(F)F)n3N)c2c1C. The second-order valence-corrected chi connectivity index (χ2v) is 8.83. The molecular weight excluding hydrogens is 411 g/mol. The standard InChI is InChI=1S/C16H18F3N7S2/c1-8-9(2)27-12-11(8)13(22-10(21-12)7-25-5-3-4-6-25)28-15-24-23-14(26(15)20)16(17,18)19/h3-7,20H2,1-2H3. The molecule has 3 aromatic rings. The summed E-state index contributed by atoms with van der Waals surface area (Å²) in [6.45, 7) is 6.55. The zero-order chi connectivity index (χ0) is 20.1. The van der Waals surface area contributed by atoms with Crippen molar-refractivity contribution in [2.75, 3.05) is 18.9 Å². The minimum absolute atomic E-state index is 0.0669. The maximum absolute atomic E-state index is 13.0. The number of thiophene rings is 1. The van der Waals surface area contributed by atoms with E-state index in [-0.39, 0.29) is 5.16 Å². The molecule has 2 N–H and O–H groups in total. The van der Waals surface area contributed by atoms with Gasteiger partial charge in [0.1, 0.15) is 15.7 Å². The van der Waals surface area contributed by atoms with Crippen molar-refractivity contribution < 1.29 is 13.2 Å². The molecule has 1 aliphatic heterocycles. The lowest BCUT2D eigenvalue weighted by Gasteiger charge is -2.14. The lowest BCUT2D eigenvalue weighted by atomic mass is 10.2. The Balaban J connectivity index is 1.75. The Hall–Kier alpha value is -1.92. The van der Waals surface area contributed by atoms with E-state index >= 15 is 0 Å². The van der Waals surface area contributed by atoms with Crippen LogP contribution >= 0.6 is 23.1 Å². The number of nitrogens with two attached hydrogens (primary N) is 1. The topological polar surface area (TPSA) is 85.8 Å². The number of fused-ring (bicyclic) bond motifs is 1. The summed E-state index contributed by atoms with van der Waals surface area (Å²) < 4.78 is 39.4. The Morgan fingerprint density at radius 1 is 1.14 bits per heavy atom. The van der Waals surface area contributed by atoms with E-state index in [1.807, 2.05) is 13.8 Å². The fourth-order valence-corrected chi connectivity index (χ4v) is 5.22. The van der Waals surface area contributed by atoms with E-state index < -0.39 is 12.0 Å². The maximum Gasteiger partial charge on any atom is 0.453 e. The second-order valence-electron chi connectivity index (χ2n) is 6.67. The average molecular weight is 429 g/mol. The summed E-state index contributed by atoms with van der Waals surface area (Å²) in [6.07, 6.45) is -2.37. The number of rotatable bonds is 4. The first-order valence-electron chi connectivity index (χ1n) is 8.68. The summed E-state index contributed by atoms with van der Waals surface area (Å²) >= 11 is 2.53. The first kappa shape index (κ1) is 19.4. The van der Waals surface area contributed by atoms with Crippen LogP contribution in [0.25, 0.3) is 10.2 Å². The molecule has 7 nitrogen and oxygen atoms in total. The van der Waals surface area contributed by atoms with Crippen LogP contribution in [0.15, 0.2) is 10.2 Å². The van der Waals surface area contributed by atoms with Crippen molar-refractivity contribution in [3.63, 3.8) is 0 Å². The van der Waals surface area contributed by atoms with Gasteiger partial charge in [-0.2, -0.15) is 13.2 Å². The average Bonchev–Trinajstić information content (AvgIpc) is 3.30. The molecule has 0 spiro atoms. The molecule has 1 aliphatic rings. The van der Waals surface area contributed by atoms with E-state index in [4.69, 9.17) is 5.84 Å². The van der Waals surface area contributed by atoms with Crippen LogP contribution in [-0.4, -0.2) is 42.8 Å². The Kier molecular flexibility index (Phi) is 4.96. The van der Waals surface area contributed by atoms with E-state index in [0.29, 0.717) is 22.1 Å². The normalized spacial score (nSPS) is 15.8. The Morgan fingerprint density at radius 2 is 1.86 bits per heavy atom. The third-order valence-corrected chi connectivity index (χ3v) is 6.76.